The highest BCUT2D eigenvalue weighted by atomic mass is 32.2. The second kappa shape index (κ2) is 13.6. The van der Waals surface area contributed by atoms with Gasteiger partial charge in [0.15, 0.2) is 0 Å². The van der Waals surface area contributed by atoms with Gasteiger partial charge in [-0.15, -0.1) is 11.8 Å². The first-order valence-corrected chi connectivity index (χ1v) is 13.5. The van der Waals surface area contributed by atoms with Gasteiger partial charge in [0.2, 0.25) is 0 Å². The number of likely N-dealkylation sites (N-methyl/N-ethyl adjacent to an activating group) is 1. The Bertz CT molecular complexity index is 1020. The van der Waals surface area contributed by atoms with E-state index >= 15 is 0 Å². The standard InChI is InChI=1S/C22H29N3S2.C4H4O4/c1-3-26-18-9-10-22-20(17-18)25(19-7-4-5-8-21(19)27-22)12-6-11-24-15-13-23(2)14-16-24;5-3(6)1-2-4(7)8/h4-5,7-10,17H,3,6,11-16H2,1-2H3;1-2H,(H,5,6)(H,7,8)/b;2-1+. The summed E-state index contributed by atoms with van der Waals surface area (Å²) in [7, 11) is 2.22. The van der Waals surface area contributed by atoms with Crippen LogP contribution >= 0.6 is 23.5 Å². The van der Waals surface area contributed by atoms with Gasteiger partial charge in [-0.05, 0) is 56.1 Å². The van der Waals surface area contributed by atoms with Gasteiger partial charge in [0.05, 0.1) is 11.4 Å². The molecule has 1 fully saturated rings. The largest absolute Gasteiger partial charge is 0.478 e. The van der Waals surface area contributed by atoms with E-state index in [1.165, 1.54) is 65.2 Å². The number of carboxylic acids is 2. The van der Waals surface area contributed by atoms with Gasteiger partial charge in [-0.2, -0.15) is 0 Å². The number of aliphatic carboxylic acids is 2. The van der Waals surface area contributed by atoms with Gasteiger partial charge >= 0.3 is 11.9 Å². The maximum absolute atomic E-state index is 9.55. The molecule has 0 spiro atoms. The fourth-order valence-electron chi connectivity index (χ4n) is 3.97. The van der Waals surface area contributed by atoms with Crippen molar-refractivity contribution in [3.8, 4) is 0 Å². The van der Waals surface area contributed by atoms with E-state index in [1.54, 1.807) is 0 Å². The van der Waals surface area contributed by atoms with Crippen molar-refractivity contribution in [2.24, 2.45) is 0 Å². The Labute approximate surface area is 215 Å². The molecule has 0 atom stereocenters. The molecule has 0 bridgehead atoms. The van der Waals surface area contributed by atoms with Crippen LogP contribution in [-0.2, 0) is 9.59 Å². The van der Waals surface area contributed by atoms with Gasteiger partial charge in [0.25, 0.3) is 0 Å². The number of benzene rings is 2. The van der Waals surface area contributed by atoms with Crippen LogP contribution < -0.4 is 4.90 Å². The summed E-state index contributed by atoms with van der Waals surface area (Å²) in [5, 5.41) is 15.6. The highest BCUT2D eigenvalue weighted by molar-refractivity contribution is 8.00. The zero-order valence-corrected chi connectivity index (χ0v) is 21.9. The Balaban J connectivity index is 0.000000371. The maximum Gasteiger partial charge on any atom is 0.328 e. The molecule has 0 aromatic heterocycles. The molecule has 2 aromatic rings. The molecule has 7 nitrogen and oxygen atoms in total. The van der Waals surface area contributed by atoms with E-state index < -0.39 is 11.9 Å². The molecule has 0 unspecified atom stereocenters. The first kappa shape index (κ1) is 27.1. The molecule has 9 heteroatoms. The Hall–Kier alpha value is -2.46. The molecule has 2 heterocycles. The second-order valence-corrected chi connectivity index (χ2v) is 10.7. The van der Waals surface area contributed by atoms with Gasteiger partial charge in [0.1, 0.15) is 0 Å². The summed E-state index contributed by atoms with van der Waals surface area (Å²) in [6.45, 7) is 9.30. The number of rotatable bonds is 8. The first-order valence-electron chi connectivity index (χ1n) is 11.7. The van der Waals surface area contributed by atoms with Gasteiger partial charge < -0.3 is 24.9 Å². The number of carbonyl (C=O) groups is 2. The fraction of sp³-hybridized carbons (Fsp3) is 0.385. The maximum atomic E-state index is 9.55. The molecule has 0 saturated carbocycles. The number of nitrogens with zero attached hydrogens (tertiary/aromatic N) is 3. The van der Waals surface area contributed by atoms with Crippen molar-refractivity contribution in [3.63, 3.8) is 0 Å². The third kappa shape index (κ3) is 8.31. The van der Waals surface area contributed by atoms with Crippen LogP contribution in [0.5, 0.6) is 0 Å². The van der Waals surface area contributed by atoms with Gasteiger partial charge in [-0.3, -0.25) is 0 Å². The predicted molar refractivity (Wildman–Crippen MR) is 143 cm³/mol. The van der Waals surface area contributed by atoms with Gasteiger partial charge in [-0.25, -0.2) is 9.59 Å². The number of carboxylic acid groups (broad SMARTS) is 2. The Kier molecular flexibility index (Phi) is 10.5. The van der Waals surface area contributed by atoms with E-state index in [2.05, 4.69) is 71.1 Å². The predicted octanol–water partition coefficient (Wildman–Crippen LogP) is 4.75. The highest BCUT2D eigenvalue weighted by Crippen LogP contribution is 2.49. The summed E-state index contributed by atoms with van der Waals surface area (Å²) in [6.07, 6.45) is 2.32. The van der Waals surface area contributed by atoms with Crippen molar-refractivity contribution in [1.29, 1.82) is 0 Å². The normalized spacial score (nSPS) is 15.8. The third-order valence-electron chi connectivity index (χ3n) is 5.73. The zero-order chi connectivity index (χ0) is 25.2. The van der Waals surface area contributed by atoms with Crippen molar-refractivity contribution in [2.45, 2.75) is 28.0 Å². The number of anilines is 2. The lowest BCUT2D eigenvalue weighted by Crippen LogP contribution is -2.45. The zero-order valence-electron chi connectivity index (χ0n) is 20.2. The summed E-state index contributed by atoms with van der Waals surface area (Å²) in [6, 6.07) is 15.8. The van der Waals surface area contributed by atoms with E-state index in [0.717, 1.165) is 12.3 Å². The van der Waals surface area contributed by atoms with E-state index in [4.69, 9.17) is 10.2 Å². The second-order valence-electron chi connectivity index (χ2n) is 8.29. The average molecular weight is 516 g/mol. The van der Waals surface area contributed by atoms with Crippen molar-refractivity contribution in [1.82, 2.24) is 9.80 Å². The lowest BCUT2D eigenvalue weighted by molar-refractivity contribution is -0.134. The number of hydrogen-bond acceptors (Lipinski definition) is 7. The lowest BCUT2D eigenvalue weighted by atomic mass is 10.2. The summed E-state index contributed by atoms with van der Waals surface area (Å²) >= 11 is 3.84. The number of hydrogen-bond donors (Lipinski definition) is 2. The van der Waals surface area contributed by atoms with Crippen molar-refractivity contribution in [2.75, 3.05) is 57.0 Å². The van der Waals surface area contributed by atoms with E-state index in [0.29, 0.717) is 12.2 Å². The minimum atomic E-state index is -1.26. The van der Waals surface area contributed by atoms with Crippen LogP contribution in [0, 0.1) is 0 Å². The Morgan fingerprint density at radius 1 is 0.943 bits per heavy atom. The molecule has 2 N–H and O–H groups in total. The number of fused-ring (bicyclic) bond motifs is 2. The first-order chi connectivity index (χ1) is 16.9. The SMILES string of the molecule is CCSc1ccc2c(c1)N(CCCN1CCN(C)CC1)c1ccccc1S2.O=C(O)/C=C/C(=O)O. The number of para-hydroxylation sites is 1. The monoisotopic (exact) mass is 515 g/mol. The molecule has 2 aromatic carbocycles. The van der Waals surface area contributed by atoms with Crippen LogP contribution in [0.2, 0.25) is 0 Å². The fourth-order valence-corrected chi connectivity index (χ4v) is 5.74. The molecule has 2 aliphatic heterocycles. The van der Waals surface area contributed by atoms with Crippen molar-refractivity contribution in [3.05, 3.63) is 54.6 Å². The molecule has 0 radical (unpaired) electrons. The van der Waals surface area contributed by atoms with Crippen LogP contribution in [0.3, 0.4) is 0 Å². The summed E-state index contributed by atoms with van der Waals surface area (Å²) in [4.78, 5) is 30.8. The molecular weight excluding hydrogens is 482 g/mol. The van der Waals surface area contributed by atoms with Crippen LogP contribution in [0.15, 0.2) is 69.3 Å². The molecule has 4 rings (SSSR count). The smallest absolute Gasteiger partial charge is 0.328 e. The average Bonchev–Trinajstić information content (AvgIpc) is 2.84. The molecular formula is C26H33N3O4S2. The third-order valence-corrected chi connectivity index (χ3v) is 7.73. The van der Waals surface area contributed by atoms with E-state index in [-0.39, 0.29) is 0 Å². The van der Waals surface area contributed by atoms with Gasteiger partial charge in [0, 0.05) is 59.6 Å². The minimum Gasteiger partial charge on any atom is -0.478 e. The molecule has 188 valence electrons. The Morgan fingerprint density at radius 2 is 1.60 bits per heavy atom. The van der Waals surface area contributed by atoms with Crippen LogP contribution in [0.1, 0.15) is 13.3 Å². The number of piperazine rings is 1. The van der Waals surface area contributed by atoms with Crippen LogP contribution in [-0.4, -0.2) is 84.0 Å². The molecule has 1 saturated heterocycles. The quantitative estimate of drug-likeness (QED) is 0.382. The topological polar surface area (TPSA) is 84.3 Å². The summed E-state index contributed by atoms with van der Waals surface area (Å²) in [5.41, 5.74) is 2.75. The van der Waals surface area contributed by atoms with E-state index in [9.17, 15) is 9.59 Å². The van der Waals surface area contributed by atoms with Crippen molar-refractivity contribution < 1.29 is 19.8 Å². The molecule has 35 heavy (non-hydrogen) atoms. The van der Waals surface area contributed by atoms with Crippen LogP contribution in [0.4, 0.5) is 11.4 Å². The van der Waals surface area contributed by atoms with Gasteiger partial charge in [-0.1, -0.05) is 30.8 Å². The summed E-state index contributed by atoms with van der Waals surface area (Å²) < 4.78 is 0. The Morgan fingerprint density at radius 3 is 2.26 bits per heavy atom. The van der Waals surface area contributed by atoms with Crippen LogP contribution in [0.25, 0.3) is 0 Å². The summed E-state index contributed by atoms with van der Waals surface area (Å²) in [5.74, 6) is -1.40. The molecule has 0 aliphatic carbocycles. The minimum absolute atomic E-state index is 0.558. The number of thioether (sulfide) groups is 1. The highest BCUT2D eigenvalue weighted by Gasteiger charge is 2.23. The lowest BCUT2D eigenvalue weighted by Gasteiger charge is -2.35. The molecule has 2 aliphatic rings. The van der Waals surface area contributed by atoms with E-state index in [1.807, 2.05) is 23.5 Å². The van der Waals surface area contributed by atoms with Crippen molar-refractivity contribution >= 4 is 46.8 Å². The molecule has 0 amide bonds.